The Morgan fingerprint density at radius 2 is 1.05 bits per heavy atom. The van der Waals surface area contributed by atoms with Crippen LogP contribution in [0.15, 0.2) is 40.4 Å². The van der Waals surface area contributed by atoms with Crippen LogP contribution in [0, 0.1) is 0 Å². The number of ether oxygens (including phenoxy) is 5. The van der Waals surface area contributed by atoms with E-state index in [9.17, 15) is 33.7 Å². The predicted molar refractivity (Wildman–Crippen MR) is 304 cm³/mol. The zero-order valence-electron chi connectivity index (χ0n) is 45.1. The van der Waals surface area contributed by atoms with Crippen molar-refractivity contribution >= 4 is 131 Å². The maximum atomic E-state index is 16.0. The summed E-state index contributed by atoms with van der Waals surface area (Å²) in [7, 11) is -5.00. The zero-order valence-corrected chi connectivity index (χ0v) is 51.1. The number of alkyl halides is 3. The largest absolute Gasteiger partial charge is 0.472 e. The minimum absolute atomic E-state index is 0.0836. The Labute approximate surface area is 516 Å². The molecule has 7 aliphatic heterocycles. The summed E-state index contributed by atoms with van der Waals surface area (Å²) in [5.74, 6) is -0.596. The number of pyridine rings is 2. The molecule has 7 aliphatic rings. The van der Waals surface area contributed by atoms with Gasteiger partial charge in [0.25, 0.3) is 11.1 Å². The number of hydrogen-bond donors (Lipinski definition) is 10. The van der Waals surface area contributed by atoms with Crippen LogP contribution in [0.1, 0.15) is 24.9 Å². The SMILES string of the molecule is Nc1nc2c(nnn2[C@@H]2O[C@@H]3COP(=O)(O)O[C@H]4[C@H]5OC[C@]4(COP(O)(=S)O[C@@H]2[C@H]3F)O[C@H]5n2cnc3c(N)ccnc32)c(=O)[nH]1.Nc1nc2c(nnn2[C@@H]2O[C@@H]3COP(O)(=S)O[C@H]4[C@H](F)[C@H](n5nnc6c(N)ccnc65)O[C@@H]4COP(O)(=S)O[C@@H]2[C@H]3F)c(=O)[nH]1. The molecule has 8 aromatic heterocycles. The van der Waals surface area contributed by atoms with E-state index in [1.165, 1.54) is 29.4 Å². The van der Waals surface area contributed by atoms with E-state index in [0.29, 0.717) is 16.9 Å². The van der Waals surface area contributed by atoms with Gasteiger partial charge in [0, 0.05) is 12.4 Å². The van der Waals surface area contributed by atoms with E-state index in [1.807, 2.05) is 0 Å². The molecule has 7 fully saturated rings. The third kappa shape index (κ3) is 11.3. The van der Waals surface area contributed by atoms with Crippen molar-refractivity contribution in [1.82, 2.24) is 84.4 Å². The standard InChI is InChI=1S/C21H23FN10O11P2S.C19H21F2N11O9P2S2/c22-9-8-3-38-44(34,35)43-14-13-18(31-6-26-10-7(23)1-2-25-15(10)31)41-21(14,4-37-13)5-39-45(36,46)42-12(9)19(40-8)32-16-11(29-30-32)17(33)28-20(24)27-16;20-8-6-3-36-42(34,44)40-12-7(39-17(9(12)21)31-14-10(27-29-31)5(22)1-2-24-14)4-37-43(35,45)41-13(8)18(38-6)32-15-11(28-30-32)16(33)26-19(23)25-15/h1-2,6,8-9,12-14,18-19H,3-5H2,(H2,23,25)(H,34,35)(H,36,46)(H3,24,27,28,33);1-2,6-9,12-13,17-18H,3-4H2,(H2,22,24)(H,34,44)(H,35,45)(H3,23,25,26,33)/t8-,9+,12-,13-,14+,18-,19-,21-,45?;6-,7-,8+,9+,12-,13-,17-,18-,42?,43?/m11/s1. The van der Waals surface area contributed by atoms with Crippen LogP contribution < -0.4 is 34.1 Å². The van der Waals surface area contributed by atoms with Crippen LogP contribution in [0.4, 0.5) is 36.4 Å². The molecule has 8 aromatic rings. The lowest BCUT2D eigenvalue weighted by Gasteiger charge is -2.33. The number of aromatic nitrogens is 17. The first-order valence-corrected chi connectivity index (χ1v) is 35.5. The molecule has 0 amide bonds. The first kappa shape index (κ1) is 62.7. The van der Waals surface area contributed by atoms with Crippen LogP contribution in [0.5, 0.6) is 0 Å². The molecule has 91 heavy (non-hydrogen) atoms. The number of rotatable bonds is 4. The van der Waals surface area contributed by atoms with Crippen LogP contribution in [0.25, 0.3) is 44.7 Å². The summed E-state index contributed by atoms with van der Waals surface area (Å²) in [6.07, 6.45) is -19.9. The van der Waals surface area contributed by atoms with E-state index in [2.05, 4.69) is 65.8 Å². The van der Waals surface area contributed by atoms with Crippen LogP contribution in [-0.4, -0.2) is 210 Å². The second-order valence-corrected chi connectivity index (χ2v) is 30.6. The number of nitrogen functional groups attached to an aromatic ring is 4. The number of hydrogen-bond acceptors (Lipinski definition) is 34. The maximum absolute atomic E-state index is 16.0. The minimum atomic E-state index is -5.00. The number of halogens is 3. The lowest BCUT2D eigenvalue weighted by atomic mass is 10.0. The Morgan fingerprint density at radius 3 is 1.65 bits per heavy atom. The Hall–Kier alpha value is -5.78. The number of nitrogens with two attached hydrogens (primary N) is 4. The molecule has 15 rings (SSSR count). The summed E-state index contributed by atoms with van der Waals surface area (Å²) >= 11 is 15.5. The predicted octanol–water partition coefficient (Wildman–Crippen LogP) is -1.60. The van der Waals surface area contributed by atoms with Gasteiger partial charge in [0.2, 0.25) is 11.9 Å². The summed E-state index contributed by atoms with van der Waals surface area (Å²) < 4.78 is 139. The van der Waals surface area contributed by atoms with E-state index in [0.717, 1.165) is 14.0 Å². The molecule has 14 N–H and O–H groups in total. The average molecular weight is 1420 g/mol. The molecule has 6 bridgehead atoms. The molecule has 0 spiro atoms. The van der Waals surface area contributed by atoms with Gasteiger partial charge in [-0.25, -0.2) is 32.7 Å². The van der Waals surface area contributed by atoms with Gasteiger partial charge in [0.05, 0.1) is 50.7 Å². The fraction of sp³-hybridized carbons (Fsp3) is 0.525. The molecule has 7 saturated heterocycles. The Balaban J connectivity index is 0.000000159. The smallest absolute Gasteiger partial charge is 0.397 e. The van der Waals surface area contributed by atoms with E-state index in [1.54, 1.807) is 6.07 Å². The summed E-state index contributed by atoms with van der Waals surface area (Å²) in [4.78, 5) is 93.5. The maximum Gasteiger partial charge on any atom is 0.472 e. The van der Waals surface area contributed by atoms with Crippen molar-refractivity contribution in [2.45, 2.75) is 97.9 Å². The van der Waals surface area contributed by atoms with E-state index in [-0.39, 0.29) is 57.7 Å². The molecule has 4 unspecified atom stereocenters. The van der Waals surface area contributed by atoms with Gasteiger partial charge >= 0.3 is 28.0 Å². The van der Waals surface area contributed by atoms with Crippen LogP contribution in [0.3, 0.4) is 0 Å². The summed E-state index contributed by atoms with van der Waals surface area (Å²) in [6, 6.07) is 3.04. The van der Waals surface area contributed by atoms with Gasteiger partial charge in [-0.3, -0.25) is 46.7 Å². The van der Waals surface area contributed by atoms with E-state index in [4.69, 9.17) is 118 Å². The van der Waals surface area contributed by atoms with Crippen molar-refractivity contribution in [3.05, 3.63) is 51.6 Å². The molecule has 20 atom stereocenters. The van der Waals surface area contributed by atoms with Crippen LogP contribution >= 0.6 is 28.0 Å². The highest BCUT2D eigenvalue weighted by Gasteiger charge is 2.66. The number of fused-ring (bicyclic) bond motifs is 9. The Morgan fingerprint density at radius 1 is 0.560 bits per heavy atom. The van der Waals surface area contributed by atoms with Gasteiger partial charge in [-0.1, -0.05) is 15.6 Å². The molecule has 488 valence electrons. The Bertz CT molecular complexity index is 4540. The monoisotopic (exact) mass is 1420 g/mol. The normalized spacial score (nSPS) is 38.7. The van der Waals surface area contributed by atoms with Crippen LogP contribution in [0.2, 0.25) is 0 Å². The highest BCUT2D eigenvalue weighted by Crippen LogP contribution is 2.59. The number of aromatic amines is 2. The van der Waals surface area contributed by atoms with Crippen molar-refractivity contribution < 1.29 is 97.2 Å². The molecular formula is C40H44F3N21O20P4S3. The van der Waals surface area contributed by atoms with E-state index >= 15 is 13.2 Å². The summed E-state index contributed by atoms with van der Waals surface area (Å²) in [5, 5.41) is 22.9. The lowest BCUT2D eigenvalue weighted by Crippen LogP contribution is -2.45. The van der Waals surface area contributed by atoms with E-state index < -0.39 is 163 Å². The number of phosphoric ester groups is 1. The topological polar surface area (TPSA) is 549 Å². The number of nitrogens with zero attached hydrogens (tertiary/aromatic N) is 15. The molecule has 51 heteroatoms. The Kier molecular flexibility index (Phi) is 15.8. The quantitative estimate of drug-likeness (QED) is 0.0887. The average Bonchev–Trinajstić information content (AvgIpc) is 1.57. The van der Waals surface area contributed by atoms with Gasteiger partial charge in [-0.2, -0.15) is 24.0 Å². The molecule has 0 aromatic carbocycles. The molecule has 0 radical (unpaired) electrons. The number of H-pyrrole nitrogens is 2. The van der Waals surface area contributed by atoms with Gasteiger partial charge in [0.1, 0.15) is 59.9 Å². The molecular weight excluding hydrogens is 1370 g/mol. The van der Waals surface area contributed by atoms with Crippen molar-refractivity contribution in [3.8, 4) is 0 Å². The summed E-state index contributed by atoms with van der Waals surface area (Å²) in [5.41, 5.74) is 20.8. The van der Waals surface area contributed by atoms with Crippen molar-refractivity contribution in [1.29, 1.82) is 0 Å². The highest BCUT2D eigenvalue weighted by atomic mass is 32.5. The number of anilines is 4. The van der Waals surface area contributed by atoms with Gasteiger partial charge in [0.15, 0.2) is 82.6 Å². The second-order valence-electron chi connectivity index (χ2n) is 20.8. The third-order valence-electron chi connectivity index (χ3n) is 15.0. The molecule has 0 saturated carbocycles. The van der Waals surface area contributed by atoms with Gasteiger partial charge in [-0.05, 0) is 47.6 Å². The lowest BCUT2D eigenvalue weighted by molar-refractivity contribution is -0.183. The third-order valence-corrected chi connectivity index (χ3v) is 20.7. The van der Waals surface area contributed by atoms with Crippen molar-refractivity contribution in [3.63, 3.8) is 0 Å². The zero-order chi connectivity index (χ0) is 64.0. The molecule has 0 aliphatic carbocycles. The molecule has 41 nitrogen and oxygen atoms in total. The number of imidazole rings is 1. The van der Waals surface area contributed by atoms with Gasteiger partial charge < -0.3 is 79.8 Å². The fourth-order valence-corrected chi connectivity index (χ4v) is 16.2. The summed E-state index contributed by atoms with van der Waals surface area (Å²) in [6.45, 7) is -16.2. The highest BCUT2D eigenvalue weighted by molar-refractivity contribution is 8.07. The van der Waals surface area contributed by atoms with Crippen LogP contribution in [-0.2, 0) is 99.9 Å². The van der Waals surface area contributed by atoms with Crippen molar-refractivity contribution in [2.75, 3.05) is 56.0 Å². The molecule has 15 heterocycles. The second kappa shape index (κ2) is 23.0. The number of nitrogens with one attached hydrogen (secondary N) is 2. The fourth-order valence-electron chi connectivity index (χ4n) is 11.0. The number of phosphoric acid groups is 1. The first-order chi connectivity index (χ1) is 43.2. The van der Waals surface area contributed by atoms with Crippen molar-refractivity contribution in [2.24, 2.45) is 0 Å². The van der Waals surface area contributed by atoms with Gasteiger partial charge in [-0.15, -0.1) is 15.3 Å². The minimum Gasteiger partial charge on any atom is -0.397 e. The first-order valence-electron chi connectivity index (χ1n) is 26.2.